The van der Waals surface area contributed by atoms with E-state index in [2.05, 4.69) is 9.97 Å². The summed E-state index contributed by atoms with van der Waals surface area (Å²) >= 11 is 1.42. The van der Waals surface area contributed by atoms with E-state index in [1.165, 1.54) is 18.0 Å². The molecule has 1 atom stereocenters. The first-order chi connectivity index (χ1) is 8.37. The van der Waals surface area contributed by atoms with Crippen LogP contribution in [-0.2, 0) is 9.53 Å². The number of esters is 1. The van der Waals surface area contributed by atoms with Crippen molar-refractivity contribution < 1.29 is 9.53 Å². The Labute approximate surface area is 111 Å². The maximum absolute atomic E-state index is 11.9. The molecule has 0 aromatic carbocycles. The van der Waals surface area contributed by atoms with Crippen molar-refractivity contribution >= 4 is 17.7 Å². The number of nitriles is 1. The van der Waals surface area contributed by atoms with Gasteiger partial charge in [-0.2, -0.15) is 5.26 Å². The average molecular weight is 265 g/mol. The molecule has 96 valence electrons. The van der Waals surface area contributed by atoms with Gasteiger partial charge in [-0.3, -0.25) is 4.79 Å². The first kappa shape index (κ1) is 14.5. The second-order valence-corrected chi connectivity index (χ2v) is 5.38. The van der Waals surface area contributed by atoms with E-state index in [-0.39, 0.29) is 5.82 Å². The van der Waals surface area contributed by atoms with Gasteiger partial charge in [-0.05, 0) is 33.1 Å². The van der Waals surface area contributed by atoms with E-state index < -0.39 is 17.5 Å². The molecule has 18 heavy (non-hydrogen) atoms. The summed E-state index contributed by atoms with van der Waals surface area (Å²) < 4.78 is 5.17. The number of hydrogen-bond donors (Lipinski definition) is 0. The summed E-state index contributed by atoms with van der Waals surface area (Å²) in [5.41, 5.74) is -0.636. The predicted molar refractivity (Wildman–Crippen MR) is 68.0 cm³/mol. The molecule has 1 unspecified atom stereocenters. The molecule has 6 heteroatoms. The molecule has 0 aliphatic heterocycles. The van der Waals surface area contributed by atoms with Crippen LogP contribution in [0.4, 0.5) is 0 Å². The monoisotopic (exact) mass is 265 g/mol. The maximum atomic E-state index is 11.9. The summed E-state index contributed by atoms with van der Waals surface area (Å²) in [5, 5.41) is 9.78. The first-order valence-electron chi connectivity index (χ1n) is 5.37. The molecule has 0 aliphatic carbocycles. The van der Waals surface area contributed by atoms with Crippen LogP contribution in [0.3, 0.4) is 0 Å². The smallest absolute Gasteiger partial charge is 0.331 e. The average Bonchev–Trinajstić information content (AvgIpc) is 2.28. The minimum Gasteiger partial charge on any atom is -0.459 e. The molecule has 1 aromatic rings. The lowest BCUT2D eigenvalue weighted by Crippen LogP contribution is -2.28. The van der Waals surface area contributed by atoms with E-state index in [9.17, 15) is 4.79 Å². The zero-order chi connectivity index (χ0) is 13.8. The van der Waals surface area contributed by atoms with Gasteiger partial charge in [-0.15, -0.1) is 11.8 Å². The van der Waals surface area contributed by atoms with Gasteiger partial charge >= 0.3 is 5.97 Å². The Kier molecular flexibility index (Phi) is 4.68. The molecule has 0 saturated carbocycles. The number of aromatic nitrogens is 2. The van der Waals surface area contributed by atoms with Crippen LogP contribution in [0.1, 0.15) is 32.5 Å². The quantitative estimate of drug-likeness (QED) is 0.473. The van der Waals surface area contributed by atoms with E-state index in [0.29, 0.717) is 5.03 Å². The molecule has 0 N–H and O–H groups in total. The van der Waals surface area contributed by atoms with Crippen molar-refractivity contribution in [2.24, 2.45) is 0 Å². The van der Waals surface area contributed by atoms with E-state index >= 15 is 0 Å². The summed E-state index contributed by atoms with van der Waals surface area (Å²) in [6.45, 7) is 5.25. The Morgan fingerprint density at radius 1 is 1.56 bits per heavy atom. The van der Waals surface area contributed by atoms with Gasteiger partial charge in [-0.25, -0.2) is 9.97 Å². The molecule has 0 amide bonds. The number of hydrogen-bond acceptors (Lipinski definition) is 6. The third-order valence-electron chi connectivity index (χ3n) is 1.89. The Bertz CT molecular complexity index is 477. The van der Waals surface area contributed by atoms with Gasteiger partial charge in [0.2, 0.25) is 5.92 Å². The molecule has 1 heterocycles. The second-order valence-electron chi connectivity index (χ2n) is 4.55. The van der Waals surface area contributed by atoms with E-state index in [4.69, 9.17) is 10.00 Å². The van der Waals surface area contributed by atoms with Crippen molar-refractivity contribution in [3.05, 3.63) is 18.1 Å². The third-order valence-corrected chi connectivity index (χ3v) is 2.53. The van der Waals surface area contributed by atoms with Crippen LogP contribution >= 0.6 is 11.8 Å². The van der Waals surface area contributed by atoms with Crippen molar-refractivity contribution in [2.45, 2.75) is 37.3 Å². The van der Waals surface area contributed by atoms with Crippen LogP contribution < -0.4 is 0 Å². The second kappa shape index (κ2) is 5.83. The van der Waals surface area contributed by atoms with Gasteiger partial charge in [-0.1, -0.05) is 0 Å². The van der Waals surface area contributed by atoms with Crippen LogP contribution in [0.5, 0.6) is 0 Å². The lowest BCUT2D eigenvalue weighted by atomic mass is 10.1. The fourth-order valence-electron chi connectivity index (χ4n) is 1.19. The van der Waals surface area contributed by atoms with Crippen LogP contribution in [0.25, 0.3) is 0 Å². The van der Waals surface area contributed by atoms with Crippen molar-refractivity contribution in [3.63, 3.8) is 0 Å². The molecule has 0 aliphatic rings. The zero-order valence-corrected chi connectivity index (χ0v) is 11.6. The van der Waals surface area contributed by atoms with Crippen LogP contribution in [0.15, 0.2) is 17.3 Å². The lowest BCUT2D eigenvalue weighted by Gasteiger charge is -2.20. The highest BCUT2D eigenvalue weighted by atomic mass is 32.2. The minimum atomic E-state index is -1.09. The highest BCUT2D eigenvalue weighted by Crippen LogP contribution is 2.19. The van der Waals surface area contributed by atoms with Crippen LogP contribution in [0, 0.1) is 11.3 Å². The third kappa shape index (κ3) is 4.00. The van der Waals surface area contributed by atoms with Crippen molar-refractivity contribution in [1.29, 1.82) is 5.26 Å². The largest absolute Gasteiger partial charge is 0.459 e. The zero-order valence-electron chi connectivity index (χ0n) is 10.8. The number of carbonyl (C=O) groups is 1. The number of carbonyl (C=O) groups excluding carboxylic acids is 1. The number of thioether (sulfide) groups is 1. The molecule has 0 spiro atoms. The summed E-state index contributed by atoms with van der Waals surface area (Å²) in [6.07, 6.45) is 3.39. The minimum absolute atomic E-state index is 0.179. The first-order valence-corrected chi connectivity index (χ1v) is 6.59. The number of nitrogens with zero attached hydrogens (tertiary/aromatic N) is 3. The van der Waals surface area contributed by atoms with Crippen LogP contribution in [0.2, 0.25) is 0 Å². The summed E-state index contributed by atoms with van der Waals surface area (Å²) in [7, 11) is 0. The van der Waals surface area contributed by atoms with Gasteiger partial charge in [0.05, 0.1) is 11.1 Å². The van der Waals surface area contributed by atoms with Crippen molar-refractivity contribution in [3.8, 4) is 6.07 Å². The Balaban J connectivity index is 2.96. The normalized spacial score (nSPS) is 12.6. The SMILES string of the molecule is CSc1ccnc(C(C#N)C(=O)OC(C)(C)C)n1. The van der Waals surface area contributed by atoms with Crippen molar-refractivity contribution in [2.75, 3.05) is 6.26 Å². The molecule has 5 nitrogen and oxygen atoms in total. The number of ether oxygens (including phenoxy) is 1. The predicted octanol–water partition coefficient (Wildman–Crippen LogP) is 2.15. The maximum Gasteiger partial charge on any atom is 0.331 e. The lowest BCUT2D eigenvalue weighted by molar-refractivity contribution is -0.155. The topological polar surface area (TPSA) is 75.9 Å². The molecule has 0 saturated heterocycles. The molecular weight excluding hydrogens is 250 g/mol. The molecule has 0 radical (unpaired) electrons. The molecule has 1 aromatic heterocycles. The molecule has 1 rings (SSSR count). The van der Waals surface area contributed by atoms with E-state index in [0.717, 1.165) is 0 Å². The highest BCUT2D eigenvalue weighted by molar-refractivity contribution is 7.98. The van der Waals surface area contributed by atoms with Gasteiger partial charge in [0, 0.05) is 6.20 Å². The van der Waals surface area contributed by atoms with E-state index in [1.54, 1.807) is 26.8 Å². The Morgan fingerprint density at radius 2 is 2.22 bits per heavy atom. The van der Waals surface area contributed by atoms with Gasteiger partial charge in [0.25, 0.3) is 0 Å². The fraction of sp³-hybridized carbons (Fsp3) is 0.500. The Hall–Kier alpha value is -1.61. The standard InChI is InChI=1S/C12H15N3O2S/c1-12(2,3)17-11(16)8(7-13)10-14-6-5-9(15-10)18-4/h5-6,8H,1-4H3. The summed E-state index contributed by atoms with van der Waals surface area (Å²) in [4.78, 5) is 20.0. The van der Waals surface area contributed by atoms with Gasteiger partial charge in [0.15, 0.2) is 5.82 Å². The molecule has 0 bridgehead atoms. The molecular formula is C12H15N3O2S. The van der Waals surface area contributed by atoms with Crippen molar-refractivity contribution in [1.82, 2.24) is 9.97 Å². The fourth-order valence-corrected chi connectivity index (χ4v) is 1.57. The molecule has 0 fully saturated rings. The van der Waals surface area contributed by atoms with E-state index in [1.807, 2.05) is 12.3 Å². The Morgan fingerprint density at radius 3 is 2.72 bits per heavy atom. The van der Waals surface area contributed by atoms with Gasteiger partial charge in [0.1, 0.15) is 5.60 Å². The van der Waals surface area contributed by atoms with Crippen LogP contribution in [-0.4, -0.2) is 27.8 Å². The van der Waals surface area contributed by atoms with Gasteiger partial charge < -0.3 is 4.74 Å². The summed E-state index contributed by atoms with van der Waals surface area (Å²) in [6, 6.07) is 3.60. The summed E-state index contributed by atoms with van der Waals surface area (Å²) in [5.74, 6) is -1.53. The highest BCUT2D eigenvalue weighted by Gasteiger charge is 2.28. The number of rotatable bonds is 3.